The van der Waals surface area contributed by atoms with Crippen LogP contribution in [0.2, 0.25) is 0 Å². The smallest absolute Gasteiger partial charge is 0.307 e. The van der Waals surface area contributed by atoms with Crippen LogP contribution in [0.5, 0.6) is 11.5 Å². The van der Waals surface area contributed by atoms with Crippen LogP contribution in [0.15, 0.2) is 76.6 Å². The van der Waals surface area contributed by atoms with Crippen LogP contribution in [0.1, 0.15) is 5.56 Å². The zero-order chi connectivity index (χ0) is 24.1. The quantitative estimate of drug-likeness (QED) is 0.473. The number of hydrogen-bond acceptors (Lipinski definition) is 7. The molecule has 3 aromatic rings. The molecular weight excluding hydrogens is 474 g/mol. The van der Waals surface area contributed by atoms with E-state index in [1.165, 1.54) is 30.5 Å². The summed E-state index contributed by atoms with van der Waals surface area (Å²) in [6.07, 6.45) is 1.18. The molecule has 0 spiro atoms. The van der Waals surface area contributed by atoms with Crippen molar-refractivity contribution in [3.63, 3.8) is 0 Å². The zero-order valence-corrected chi connectivity index (χ0v) is 20.5. The lowest BCUT2D eigenvalue weighted by molar-refractivity contribution is 0.175. The molecule has 10 heteroatoms. The van der Waals surface area contributed by atoms with Crippen LogP contribution in [-0.2, 0) is 10.0 Å². The summed E-state index contributed by atoms with van der Waals surface area (Å²) < 4.78 is 34.5. The van der Waals surface area contributed by atoms with Gasteiger partial charge in [0.2, 0.25) is 0 Å². The highest BCUT2D eigenvalue weighted by Gasteiger charge is 2.28. The van der Waals surface area contributed by atoms with Crippen LogP contribution < -0.4 is 14.6 Å². The lowest BCUT2D eigenvalue weighted by Crippen LogP contribution is -2.43. The van der Waals surface area contributed by atoms with E-state index in [4.69, 9.17) is 4.74 Å². The van der Waals surface area contributed by atoms with Gasteiger partial charge < -0.3 is 9.94 Å². The minimum atomic E-state index is -4.07. The first-order valence-corrected chi connectivity index (χ1v) is 13.5. The Balaban J connectivity index is 1.60. The number of ether oxygens (including phenoxy) is 1. The summed E-state index contributed by atoms with van der Waals surface area (Å²) in [5, 5.41) is 9.85. The van der Waals surface area contributed by atoms with Crippen LogP contribution in [0, 0.1) is 6.92 Å². The van der Waals surface area contributed by atoms with Crippen molar-refractivity contribution in [1.82, 2.24) is 9.63 Å². The molecule has 0 amide bonds. The number of rotatable bonds is 8. The molecule has 0 unspecified atom stereocenters. The number of aromatic nitrogens is 1. The third-order valence-corrected chi connectivity index (χ3v) is 8.34. The molecule has 4 rings (SSSR count). The van der Waals surface area contributed by atoms with Gasteiger partial charge in [0.1, 0.15) is 17.2 Å². The van der Waals surface area contributed by atoms with Crippen molar-refractivity contribution in [2.75, 3.05) is 42.0 Å². The van der Waals surface area contributed by atoms with E-state index in [9.17, 15) is 18.4 Å². The number of sulfonamides is 1. The topological polar surface area (TPSA) is 92.1 Å². The lowest BCUT2D eigenvalue weighted by Gasteiger charge is -2.30. The molecule has 0 bridgehead atoms. The largest absolute Gasteiger partial charge is 0.457 e. The molecule has 0 aliphatic carbocycles. The maximum absolute atomic E-state index is 13.6. The molecule has 1 aliphatic heterocycles. The summed E-state index contributed by atoms with van der Waals surface area (Å²) in [4.78, 5) is 14.8. The van der Waals surface area contributed by atoms with E-state index in [0.29, 0.717) is 22.8 Å². The molecule has 0 atom stereocenters. The Morgan fingerprint density at radius 3 is 2.26 bits per heavy atom. The molecule has 2 heterocycles. The third-order valence-electron chi connectivity index (χ3n) is 5.57. The second-order valence-electron chi connectivity index (χ2n) is 7.96. The normalized spacial score (nSPS) is 14.6. The van der Waals surface area contributed by atoms with Gasteiger partial charge in [-0.3, -0.25) is 14.0 Å². The van der Waals surface area contributed by atoms with Gasteiger partial charge in [0, 0.05) is 43.9 Å². The highest BCUT2D eigenvalue weighted by Crippen LogP contribution is 2.26. The van der Waals surface area contributed by atoms with Crippen molar-refractivity contribution in [3.8, 4) is 11.5 Å². The van der Waals surface area contributed by atoms with Crippen LogP contribution >= 0.6 is 11.8 Å². The SMILES string of the molecule is Cc1ccc(Oc2ccc(S(=O)(=O)N(CCN3CCSCC3)c3cccn(O)c3=O)cc2)cc1. The number of hydrogen-bond donors (Lipinski definition) is 1. The summed E-state index contributed by atoms with van der Waals surface area (Å²) in [7, 11) is -4.07. The Morgan fingerprint density at radius 2 is 1.62 bits per heavy atom. The predicted octanol–water partition coefficient (Wildman–Crippen LogP) is 3.43. The maximum Gasteiger partial charge on any atom is 0.307 e. The van der Waals surface area contributed by atoms with E-state index in [0.717, 1.165) is 34.5 Å². The fourth-order valence-corrected chi connectivity index (χ4v) is 6.07. The Labute approximate surface area is 203 Å². The number of aryl methyl sites for hydroxylation is 1. The molecule has 1 fully saturated rings. The molecule has 0 radical (unpaired) electrons. The van der Waals surface area contributed by atoms with Crippen molar-refractivity contribution in [2.45, 2.75) is 11.8 Å². The van der Waals surface area contributed by atoms with E-state index in [-0.39, 0.29) is 17.1 Å². The van der Waals surface area contributed by atoms with Gasteiger partial charge in [0.15, 0.2) is 0 Å². The summed E-state index contributed by atoms with van der Waals surface area (Å²) >= 11 is 1.87. The monoisotopic (exact) mass is 501 g/mol. The highest BCUT2D eigenvalue weighted by atomic mass is 32.2. The Morgan fingerprint density at radius 1 is 1.00 bits per heavy atom. The highest BCUT2D eigenvalue weighted by molar-refractivity contribution is 7.99. The first kappa shape index (κ1) is 24.2. The van der Waals surface area contributed by atoms with Gasteiger partial charge in [0.25, 0.3) is 10.0 Å². The summed E-state index contributed by atoms with van der Waals surface area (Å²) in [5.41, 5.74) is 0.219. The van der Waals surface area contributed by atoms with Crippen LogP contribution in [-0.4, -0.2) is 60.9 Å². The maximum atomic E-state index is 13.6. The predicted molar refractivity (Wildman–Crippen MR) is 134 cm³/mol. The third kappa shape index (κ3) is 5.57. The number of thioether (sulfide) groups is 1. The fraction of sp³-hybridized carbons (Fsp3) is 0.292. The van der Waals surface area contributed by atoms with Gasteiger partial charge in [-0.15, -0.1) is 0 Å². The van der Waals surface area contributed by atoms with Gasteiger partial charge in [-0.2, -0.15) is 16.5 Å². The Kier molecular flexibility index (Phi) is 7.50. The van der Waals surface area contributed by atoms with Crippen molar-refractivity contribution in [2.24, 2.45) is 0 Å². The molecule has 0 saturated carbocycles. The molecule has 1 saturated heterocycles. The average Bonchev–Trinajstić information content (AvgIpc) is 2.84. The van der Waals surface area contributed by atoms with E-state index in [2.05, 4.69) is 4.90 Å². The van der Waals surface area contributed by atoms with E-state index in [1.54, 1.807) is 12.1 Å². The summed E-state index contributed by atoms with van der Waals surface area (Å²) in [6.45, 7) is 4.28. The van der Waals surface area contributed by atoms with Crippen LogP contribution in [0.4, 0.5) is 5.69 Å². The van der Waals surface area contributed by atoms with Gasteiger partial charge in [-0.25, -0.2) is 8.42 Å². The number of anilines is 1. The molecule has 1 N–H and O–H groups in total. The summed E-state index contributed by atoms with van der Waals surface area (Å²) in [6, 6.07) is 16.5. The number of nitrogens with zero attached hydrogens (tertiary/aromatic N) is 3. The van der Waals surface area contributed by atoms with Crippen LogP contribution in [0.3, 0.4) is 0 Å². The van der Waals surface area contributed by atoms with Gasteiger partial charge in [-0.1, -0.05) is 17.7 Å². The Bertz CT molecular complexity index is 1270. The molecule has 1 aliphatic rings. The van der Waals surface area contributed by atoms with E-state index < -0.39 is 15.6 Å². The zero-order valence-electron chi connectivity index (χ0n) is 18.8. The second-order valence-corrected chi connectivity index (χ2v) is 11.0. The lowest BCUT2D eigenvalue weighted by atomic mass is 10.2. The van der Waals surface area contributed by atoms with Gasteiger partial charge >= 0.3 is 5.56 Å². The first-order valence-electron chi connectivity index (χ1n) is 10.9. The van der Waals surface area contributed by atoms with Crippen molar-refractivity contribution in [1.29, 1.82) is 0 Å². The van der Waals surface area contributed by atoms with Crippen molar-refractivity contribution >= 4 is 27.5 Å². The first-order chi connectivity index (χ1) is 16.3. The van der Waals surface area contributed by atoms with Crippen molar-refractivity contribution in [3.05, 3.63) is 82.8 Å². The Hall–Kier alpha value is -2.95. The molecule has 180 valence electrons. The molecule has 8 nitrogen and oxygen atoms in total. The minimum Gasteiger partial charge on any atom is -0.457 e. The molecule has 1 aromatic heterocycles. The van der Waals surface area contributed by atoms with Crippen LogP contribution in [0.25, 0.3) is 0 Å². The van der Waals surface area contributed by atoms with E-state index in [1.807, 2.05) is 43.0 Å². The molecular formula is C24H27N3O5S2. The van der Waals surface area contributed by atoms with Gasteiger partial charge in [0.05, 0.1) is 4.90 Å². The minimum absolute atomic E-state index is 0.0331. The number of pyridine rings is 1. The molecule has 34 heavy (non-hydrogen) atoms. The standard InChI is InChI=1S/C24H27N3O5S2/c1-19-4-6-20(7-5-19)32-21-8-10-22(11-9-21)34(30,31)27(14-13-25-15-17-33-18-16-25)23-3-2-12-26(29)24(23)28/h2-12,29H,13-18H2,1H3. The fourth-order valence-electron chi connectivity index (χ4n) is 3.64. The van der Waals surface area contributed by atoms with Gasteiger partial charge in [-0.05, 0) is 55.5 Å². The van der Waals surface area contributed by atoms with E-state index >= 15 is 0 Å². The molecule has 2 aromatic carbocycles. The summed E-state index contributed by atoms with van der Waals surface area (Å²) in [5.74, 6) is 3.13. The number of benzene rings is 2. The second kappa shape index (κ2) is 10.5. The average molecular weight is 502 g/mol. The van der Waals surface area contributed by atoms with Crippen molar-refractivity contribution < 1.29 is 18.4 Å².